The Bertz CT molecular complexity index is 960. The number of rotatable bonds is 8. The van der Waals surface area contributed by atoms with Crippen LogP contribution in [0.5, 0.6) is 11.5 Å². The Morgan fingerprint density at radius 3 is 2.34 bits per heavy atom. The first-order valence-corrected chi connectivity index (χ1v) is 11.6. The number of Topliss-reactive ketones (excluding diaryl/α,β-unsaturated/α-hetero) is 1. The number of hydrogen-bond donors (Lipinski definition) is 0. The molecule has 6 heteroatoms. The highest BCUT2D eigenvalue weighted by Crippen LogP contribution is 2.58. The first-order valence-electron chi connectivity index (χ1n) is 11.6. The normalized spacial score (nSPS) is 27.9. The molecular weight excluding hydrogens is 406 g/mol. The van der Waals surface area contributed by atoms with Gasteiger partial charge in [-0.1, -0.05) is 0 Å². The summed E-state index contributed by atoms with van der Waals surface area (Å²) >= 11 is 0. The van der Waals surface area contributed by atoms with Gasteiger partial charge < -0.3 is 18.8 Å². The van der Waals surface area contributed by atoms with E-state index in [1.807, 2.05) is 17.0 Å². The molecule has 0 saturated heterocycles. The van der Waals surface area contributed by atoms with Crippen LogP contribution in [0, 0.1) is 17.8 Å². The summed E-state index contributed by atoms with van der Waals surface area (Å²) in [4.78, 5) is 27.7. The van der Waals surface area contributed by atoms with Crippen molar-refractivity contribution in [2.24, 2.45) is 17.8 Å². The van der Waals surface area contributed by atoms with Gasteiger partial charge in [-0.25, -0.2) is 0 Å². The summed E-state index contributed by atoms with van der Waals surface area (Å²) in [5.41, 5.74) is 0.339. The predicted molar refractivity (Wildman–Crippen MR) is 119 cm³/mol. The molecular formula is C26H31NO5. The van der Waals surface area contributed by atoms with E-state index in [2.05, 4.69) is 0 Å². The van der Waals surface area contributed by atoms with Crippen LogP contribution in [-0.4, -0.2) is 35.8 Å². The number of ether oxygens (including phenoxy) is 2. The summed E-state index contributed by atoms with van der Waals surface area (Å²) in [7, 11) is 1.57. The maximum atomic E-state index is 13.6. The smallest absolute Gasteiger partial charge is 0.261 e. The van der Waals surface area contributed by atoms with E-state index in [9.17, 15) is 9.59 Å². The second kappa shape index (κ2) is 8.30. The molecule has 1 heterocycles. The monoisotopic (exact) mass is 437 g/mol. The fraction of sp³-hybridized carbons (Fsp3) is 0.538. The molecule has 6 nitrogen and oxygen atoms in total. The Labute approximate surface area is 188 Å². The predicted octanol–water partition coefficient (Wildman–Crippen LogP) is 4.87. The third kappa shape index (κ3) is 3.91. The quantitative estimate of drug-likeness (QED) is 0.551. The second-order valence-corrected chi connectivity index (χ2v) is 9.91. The second-order valence-electron chi connectivity index (χ2n) is 9.91. The Hall–Kier alpha value is -2.76. The van der Waals surface area contributed by atoms with Crippen LogP contribution in [0.4, 0.5) is 0 Å². The van der Waals surface area contributed by atoms with Crippen molar-refractivity contribution in [3.8, 4) is 11.5 Å². The molecule has 4 saturated carbocycles. The van der Waals surface area contributed by atoms with Crippen molar-refractivity contribution in [2.45, 2.75) is 57.5 Å². The average molecular weight is 438 g/mol. The van der Waals surface area contributed by atoms with Gasteiger partial charge in [0.25, 0.3) is 5.91 Å². The zero-order valence-electron chi connectivity index (χ0n) is 18.8. The molecule has 6 rings (SSSR count). The molecule has 4 bridgehead atoms. The first kappa shape index (κ1) is 21.1. The third-order valence-corrected chi connectivity index (χ3v) is 7.69. The van der Waals surface area contributed by atoms with Crippen molar-refractivity contribution in [3.05, 3.63) is 47.9 Å². The molecule has 1 aromatic heterocycles. The Kier molecular flexibility index (Phi) is 5.48. The number of nitrogens with zero attached hydrogens (tertiary/aromatic N) is 1. The summed E-state index contributed by atoms with van der Waals surface area (Å²) in [6.45, 7) is 1.84. The van der Waals surface area contributed by atoms with Crippen LogP contribution in [0.1, 0.15) is 61.6 Å². The van der Waals surface area contributed by atoms with Crippen LogP contribution in [0.25, 0.3) is 0 Å². The standard InChI is InChI=1S/C26H31NO5/c1-17(28)23-6-5-21(30-2)11-24(23)32-16-25(29)27(15-22-4-3-7-31-22)26-12-18-8-19(13-26)10-20(9-18)14-26/h3-7,11,18-20H,8-10,12-16H2,1-2H3. The maximum Gasteiger partial charge on any atom is 0.261 e. The van der Waals surface area contributed by atoms with Gasteiger partial charge in [-0.3, -0.25) is 9.59 Å². The van der Waals surface area contributed by atoms with Gasteiger partial charge in [0.15, 0.2) is 12.4 Å². The van der Waals surface area contributed by atoms with Gasteiger partial charge in [-0.15, -0.1) is 0 Å². The first-order chi connectivity index (χ1) is 15.5. The van der Waals surface area contributed by atoms with Crippen LogP contribution in [0.15, 0.2) is 41.0 Å². The van der Waals surface area contributed by atoms with Crippen molar-refractivity contribution in [3.63, 3.8) is 0 Å². The molecule has 0 N–H and O–H groups in total. The van der Waals surface area contributed by atoms with Crippen molar-refractivity contribution in [1.82, 2.24) is 4.90 Å². The number of hydrogen-bond acceptors (Lipinski definition) is 5. The van der Waals surface area contributed by atoms with Gasteiger partial charge >= 0.3 is 0 Å². The highest BCUT2D eigenvalue weighted by atomic mass is 16.5. The molecule has 4 aliphatic rings. The molecule has 1 aromatic carbocycles. The molecule has 0 aliphatic heterocycles. The number of amides is 1. The van der Waals surface area contributed by atoms with Gasteiger partial charge in [-0.2, -0.15) is 0 Å². The number of carbonyl (C=O) groups is 2. The lowest BCUT2D eigenvalue weighted by Crippen LogP contribution is -2.61. The molecule has 4 aliphatic carbocycles. The van der Waals surface area contributed by atoms with Crippen LogP contribution in [-0.2, 0) is 11.3 Å². The zero-order chi connectivity index (χ0) is 22.3. The lowest BCUT2D eigenvalue weighted by atomic mass is 9.52. The van der Waals surface area contributed by atoms with Crippen LogP contribution >= 0.6 is 0 Å². The highest BCUT2D eigenvalue weighted by molar-refractivity contribution is 5.97. The van der Waals surface area contributed by atoms with Crippen LogP contribution in [0.2, 0.25) is 0 Å². The highest BCUT2D eigenvalue weighted by Gasteiger charge is 2.54. The molecule has 4 fully saturated rings. The maximum absolute atomic E-state index is 13.6. The Morgan fingerprint density at radius 1 is 1.09 bits per heavy atom. The summed E-state index contributed by atoms with van der Waals surface area (Å²) in [6, 6.07) is 8.87. The topological polar surface area (TPSA) is 69.0 Å². The molecule has 1 amide bonds. The Morgan fingerprint density at radius 2 is 1.78 bits per heavy atom. The van der Waals surface area contributed by atoms with Gasteiger partial charge in [0, 0.05) is 11.6 Å². The molecule has 32 heavy (non-hydrogen) atoms. The lowest BCUT2D eigenvalue weighted by molar-refractivity contribution is -0.155. The van der Waals surface area contributed by atoms with Crippen molar-refractivity contribution in [2.75, 3.05) is 13.7 Å². The third-order valence-electron chi connectivity index (χ3n) is 7.69. The van der Waals surface area contributed by atoms with Crippen molar-refractivity contribution < 1.29 is 23.5 Å². The molecule has 2 aromatic rings. The average Bonchev–Trinajstić information content (AvgIpc) is 3.28. The molecule has 0 atom stereocenters. The number of benzene rings is 1. The van der Waals surface area contributed by atoms with Crippen LogP contribution in [0.3, 0.4) is 0 Å². The summed E-state index contributed by atoms with van der Waals surface area (Å²) < 4.78 is 16.8. The van der Waals surface area contributed by atoms with Gasteiger partial charge in [0.05, 0.1) is 25.5 Å². The number of methoxy groups -OCH3 is 1. The summed E-state index contributed by atoms with van der Waals surface area (Å²) in [5, 5.41) is 0. The Balaban J connectivity index is 1.39. The van der Waals surface area contributed by atoms with Gasteiger partial charge in [-0.05, 0) is 87.5 Å². The SMILES string of the molecule is COc1ccc(C(C)=O)c(OCC(=O)N(Cc2ccco2)C23CC4CC(CC(C4)C2)C3)c1. The number of ketones is 1. The molecule has 0 radical (unpaired) electrons. The van der Waals surface area contributed by atoms with Crippen molar-refractivity contribution >= 4 is 11.7 Å². The minimum Gasteiger partial charge on any atom is -0.497 e. The van der Waals surface area contributed by atoms with Gasteiger partial charge in [0.1, 0.15) is 17.3 Å². The summed E-state index contributed by atoms with van der Waals surface area (Å²) in [5.74, 6) is 3.76. The number of furan rings is 1. The van der Waals surface area contributed by atoms with E-state index in [0.717, 1.165) is 42.8 Å². The fourth-order valence-electron chi connectivity index (χ4n) is 6.73. The van der Waals surface area contributed by atoms with E-state index in [0.29, 0.717) is 23.6 Å². The van der Waals surface area contributed by atoms with E-state index in [-0.39, 0.29) is 23.8 Å². The largest absolute Gasteiger partial charge is 0.497 e. The molecule has 0 unspecified atom stereocenters. The van der Waals surface area contributed by atoms with E-state index in [4.69, 9.17) is 13.9 Å². The zero-order valence-corrected chi connectivity index (χ0v) is 18.8. The minimum atomic E-state index is -0.115. The fourth-order valence-corrected chi connectivity index (χ4v) is 6.73. The van der Waals surface area contributed by atoms with Crippen LogP contribution < -0.4 is 9.47 Å². The van der Waals surface area contributed by atoms with E-state index in [1.165, 1.54) is 26.2 Å². The number of carbonyl (C=O) groups excluding carboxylic acids is 2. The molecule has 0 spiro atoms. The van der Waals surface area contributed by atoms with E-state index >= 15 is 0 Å². The minimum absolute atomic E-state index is 0.0549. The molecule has 170 valence electrons. The lowest BCUT2D eigenvalue weighted by Gasteiger charge is -2.60. The van der Waals surface area contributed by atoms with E-state index in [1.54, 1.807) is 31.6 Å². The van der Waals surface area contributed by atoms with Gasteiger partial charge in [0.2, 0.25) is 0 Å². The van der Waals surface area contributed by atoms with E-state index < -0.39 is 0 Å². The summed E-state index contributed by atoms with van der Waals surface area (Å²) in [6.07, 6.45) is 8.80. The van der Waals surface area contributed by atoms with Crippen molar-refractivity contribution in [1.29, 1.82) is 0 Å².